The molecule has 0 amide bonds. The van der Waals surface area contributed by atoms with Gasteiger partial charge in [-0.15, -0.1) is 0 Å². The Labute approximate surface area is 94.2 Å². The van der Waals surface area contributed by atoms with Crippen molar-refractivity contribution in [2.24, 2.45) is 0 Å². The standard InChI is InChI=1S/C11H13FO3S/c1-3-16(14,15)8(2)11(13)9-4-6-10(12)7-5-9/h4-8H,3H2,1-2H3/t8-/m0/s1. The van der Waals surface area contributed by atoms with Gasteiger partial charge in [-0.3, -0.25) is 4.79 Å². The van der Waals surface area contributed by atoms with Gasteiger partial charge in [0.2, 0.25) is 0 Å². The van der Waals surface area contributed by atoms with E-state index in [4.69, 9.17) is 0 Å². The highest BCUT2D eigenvalue weighted by Gasteiger charge is 2.26. The summed E-state index contributed by atoms with van der Waals surface area (Å²) < 4.78 is 35.6. The van der Waals surface area contributed by atoms with Gasteiger partial charge in [0.15, 0.2) is 15.6 Å². The van der Waals surface area contributed by atoms with Crippen molar-refractivity contribution in [2.45, 2.75) is 19.1 Å². The number of rotatable bonds is 4. The van der Waals surface area contributed by atoms with Gasteiger partial charge >= 0.3 is 0 Å². The minimum atomic E-state index is -3.40. The predicted octanol–water partition coefficient (Wildman–Crippen LogP) is 1.83. The summed E-state index contributed by atoms with van der Waals surface area (Å²) >= 11 is 0. The molecule has 88 valence electrons. The molecule has 0 radical (unpaired) electrons. The van der Waals surface area contributed by atoms with Gasteiger partial charge in [-0.25, -0.2) is 12.8 Å². The summed E-state index contributed by atoms with van der Waals surface area (Å²) in [5, 5.41) is -1.08. The quantitative estimate of drug-likeness (QED) is 0.759. The molecule has 0 N–H and O–H groups in total. The van der Waals surface area contributed by atoms with Gasteiger partial charge in [-0.1, -0.05) is 6.92 Å². The van der Waals surface area contributed by atoms with Crippen molar-refractivity contribution >= 4 is 15.6 Å². The third-order valence-electron chi connectivity index (χ3n) is 2.44. The molecular weight excluding hydrogens is 231 g/mol. The van der Waals surface area contributed by atoms with E-state index in [2.05, 4.69) is 0 Å². The van der Waals surface area contributed by atoms with Crippen LogP contribution in [0.15, 0.2) is 24.3 Å². The van der Waals surface area contributed by atoms with E-state index in [1.807, 2.05) is 0 Å². The Bertz CT molecular complexity index is 476. The average molecular weight is 244 g/mol. The van der Waals surface area contributed by atoms with E-state index >= 15 is 0 Å². The summed E-state index contributed by atoms with van der Waals surface area (Å²) in [7, 11) is -3.40. The first kappa shape index (κ1) is 12.8. The van der Waals surface area contributed by atoms with E-state index in [9.17, 15) is 17.6 Å². The van der Waals surface area contributed by atoms with Crippen molar-refractivity contribution in [2.75, 3.05) is 5.75 Å². The number of carbonyl (C=O) groups excluding carboxylic acids is 1. The van der Waals surface area contributed by atoms with Crippen LogP contribution in [0.2, 0.25) is 0 Å². The number of benzene rings is 1. The second kappa shape index (κ2) is 4.74. The topological polar surface area (TPSA) is 51.2 Å². The maximum Gasteiger partial charge on any atom is 0.180 e. The number of ketones is 1. The highest BCUT2D eigenvalue weighted by atomic mass is 32.2. The summed E-state index contributed by atoms with van der Waals surface area (Å²) in [5.74, 6) is -1.04. The van der Waals surface area contributed by atoms with Crippen molar-refractivity contribution in [1.29, 1.82) is 0 Å². The van der Waals surface area contributed by atoms with Crippen molar-refractivity contribution in [1.82, 2.24) is 0 Å². The predicted molar refractivity (Wildman–Crippen MR) is 59.7 cm³/mol. The van der Waals surface area contributed by atoms with Gasteiger partial charge in [0.25, 0.3) is 0 Å². The monoisotopic (exact) mass is 244 g/mol. The minimum Gasteiger partial charge on any atom is -0.293 e. The van der Waals surface area contributed by atoms with Crippen LogP contribution in [0.25, 0.3) is 0 Å². The highest BCUT2D eigenvalue weighted by molar-refractivity contribution is 7.92. The Kier molecular flexibility index (Phi) is 3.80. The van der Waals surface area contributed by atoms with E-state index in [0.717, 1.165) is 12.1 Å². The van der Waals surface area contributed by atoms with Crippen LogP contribution in [0.5, 0.6) is 0 Å². The molecule has 0 aromatic heterocycles. The normalized spacial score (nSPS) is 13.4. The fraction of sp³-hybridized carbons (Fsp3) is 0.364. The molecule has 1 aromatic carbocycles. The summed E-state index contributed by atoms with van der Waals surface area (Å²) in [6.45, 7) is 2.84. The fourth-order valence-electron chi connectivity index (χ4n) is 1.26. The zero-order chi connectivity index (χ0) is 12.3. The lowest BCUT2D eigenvalue weighted by atomic mass is 10.1. The summed E-state index contributed by atoms with van der Waals surface area (Å²) in [4.78, 5) is 11.8. The number of Topliss-reactive ketones (excluding diaryl/α,β-unsaturated/α-hetero) is 1. The lowest BCUT2D eigenvalue weighted by molar-refractivity contribution is 0.0991. The van der Waals surface area contributed by atoms with Crippen LogP contribution in [-0.2, 0) is 9.84 Å². The lowest BCUT2D eigenvalue weighted by Crippen LogP contribution is -2.28. The molecule has 0 saturated heterocycles. The third-order valence-corrected chi connectivity index (χ3v) is 4.54. The van der Waals surface area contributed by atoms with Crippen LogP contribution < -0.4 is 0 Å². The molecule has 0 spiro atoms. The van der Waals surface area contributed by atoms with Crippen LogP contribution >= 0.6 is 0 Å². The zero-order valence-corrected chi connectivity index (χ0v) is 9.92. The second-order valence-corrected chi connectivity index (χ2v) is 6.08. The molecule has 0 aliphatic carbocycles. The van der Waals surface area contributed by atoms with Gasteiger partial charge < -0.3 is 0 Å². The van der Waals surface area contributed by atoms with E-state index < -0.39 is 26.7 Å². The Morgan fingerprint density at radius 3 is 2.25 bits per heavy atom. The molecule has 16 heavy (non-hydrogen) atoms. The Morgan fingerprint density at radius 2 is 1.81 bits per heavy atom. The first-order chi connectivity index (χ1) is 7.38. The smallest absolute Gasteiger partial charge is 0.180 e. The summed E-state index contributed by atoms with van der Waals surface area (Å²) in [5.41, 5.74) is 0.214. The van der Waals surface area contributed by atoms with Crippen LogP contribution in [0.4, 0.5) is 4.39 Å². The van der Waals surface area contributed by atoms with E-state index in [0.29, 0.717) is 0 Å². The number of halogens is 1. The molecule has 3 nitrogen and oxygen atoms in total. The SMILES string of the molecule is CCS(=O)(=O)[C@@H](C)C(=O)c1ccc(F)cc1. The molecule has 0 aliphatic heterocycles. The van der Waals surface area contributed by atoms with E-state index in [-0.39, 0.29) is 11.3 Å². The number of sulfone groups is 1. The molecule has 1 atom stereocenters. The maximum atomic E-state index is 12.6. The van der Waals surface area contributed by atoms with Gasteiger partial charge in [-0.2, -0.15) is 0 Å². The van der Waals surface area contributed by atoms with Crippen LogP contribution in [-0.4, -0.2) is 25.2 Å². The summed E-state index contributed by atoms with van der Waals surface area (Å²) in [6, 6.07) is 4.86. The molecule has 0 heterocycles. The molecular formula is C11H13FO3S. The van der Waals surface area contributed by atoms with Gasteiger partial charge in [0.05, 0.1) is 0 Å². The molecule has 0 bridgehead atoms. The van der Waals surface area contributed by atoms with Crippen LogP contribution in [0, 0.1) is 5.82 Å². The molecule has 1 aromatic rings. The molecule has 0 fully saturated rings. The average Bonchev–Trinajstić information content (AvgIpc) is 2.28. The first-order valence-corrected chi connectivity index (χ1v) is 6.61. The molecule has 0 aliphatic rings. The Balaban J connectivity index is 2.99. The van der Waals surface area contributed by atoms with Crippen molar-refractivity contribution in [3.63, 3.8) is 0 Å². The lowest BCUT2D eigenvalue weighted by Gasteiger charge is -2.10. The fourth-order valence-corrected chi connectivity index (χ4v) is 2.22. The molecule has 0 saturated carbocycles. The van der Waals surface area contributed by atoms with Crippen molar-refractivity contribution < 1.29 is 17.6 Å². The maximum absolute atomic E-state index is 12.6. The van der Waals surface area contributed by atoms with Gasteiger partial charge in [-0.05, 0) is 31.2 Å². The largest absolute Gasteiger partial charge is 0.293 e. The first-order valence-electron chi connectivity index (χ1n) is 4.90. The number of hydrogen-bond donors (Lipinski definition) is 0. The van der Waals surface area contributed by atoms with Gasteiger partial charge in [0.1, 0.15) is 11.1 Å². The van der Waals surface area contributed by atoms with Crippen molar-refractivity contribution in [3.8, 4) is 0 Å². The molecule has 1 rings (SSSR count). The molecule has 0 unspecified atom stereocenters. The molecule has 5 heteroatoms. The van der Waals surface area contributed by atoms with E-state index in [1.54, 1.807) is 0 Å². The van der Waals surface area contributed by atoms with Crippen LogP contribution in [0.3, 0.4) is 0 Å². The van der Waals surface area contributed by atoms with E-state index in [1.165, 1.54) is 26.0 Å². The Morgan fingerprint density at radius 1 is 1.31 bits per heavy atom. The minimum absolute atomic E-state index is 0.0822. The highest BCUT2D eigenvalue weighted by Crippen LogP contribution is 2.11. The number of carbonyl (C=O) groups is 1. The van der Waals surface area contributed by atoms with Crippen molar-refractivity contribution in [3.05, 3.63) is 35.6 Å². The Hall–Kier alpha value is -1.23. The van der Waals surface area contributed by atoms with Gasteiger partial charge in [0, 0.05) is 11.3 Å². The second-order valence-electron chi connectivity index (χ2n) is 3.46. The van der Waals surface area contributed by atoms with Crippen LogP contribution in [0.1, 0.15) is 24.2 Å². The third kappa shape index (κ3) is 2.66. The zero-order valence-electron chi connectivity index (χ0n) is 9.10. The summed E-state index contributed by atoms with van der Waals surface area (Å²) in [6.07, 6.45) is 0. The number of hydrogen-bond acceptors (Lipinski definition) is 3.